The molecule has 0 N–H and O–H groups in total. The van der Waals surface area contributed by atoms with Gasteiger partial charge in [-0.25, -0.2) is 0 Å². The molecule has 0 unspecified atom stereocenters. The average Bonchev–Trinajstić information content (AvgIpc) is 3.03. The van der Waals surface area contributed by atoms with E-state index in [0.29, 0.717) is 40.8 Å². The van der Waals surface area contributed by atoms with E-state index in [-0.39, 0.29) is 5.41 Å². The van der Waals surface area contributed by atoms with Crippen LogP contribution in [0.4, 0.5) is 0 Å². The van der Waals surface area contributed by atoms with E-state index in [0.717, 1.165) is 37.0 Å². The molecule has 0 aliphatic heterocycles. The zero-order valence-corrected chi connectivity index (χ0v) is 19.8. The molecule has 0 aromatic heterocycles. The predicted molar refractivity (Wildman–Crippen MR) is 122 cm³/mol. The Hall–Kier alpha value is -0.850. The molecule has 3 fully saturated rings. The lowest BCUT2D eigenvalue weighted by Gasteiger charge is -2.59. The summed E-state index contributed by atoms with van der Waals surface area (Å²) in [6.45, 7) is 14.5. The molecule has 0 radical (unpaired) electrons. The Kier molecular flexibility index (Phi) is 5.67. The van der Waals surface area contributed by atoms with E-state index >= 15 is 0 Å². The second-order valence-electron chi connectivity index (χ2n) is 12.1. The summed E-state index contributed by atoms with van der Waals surface area (Å²) < 4.78 is 0. The van der Waals surface area contributed by atoms with Crippen LogP contribution < -0.4 is 0 Å². The van der Waals surface area contributed by atoms with Crippen molar-refractivity contribution in [2.24, 2.45) is 58.2 Å². The first kappa shape index (κ1) is 21.4. The molecule has 0 amide bonds. The summed E-state index contributed by atoms with van der Waals surface area (Å²) >= 11 is 0. The van der Waals surface area contributed by atoms with Gasteiger partial charge in [0.05, 0.1) is 0 Å². The van der Waals surface area contributed by atoms with Gasteiger partial charge in [-0.2, -0.15) is 0 Å². The third kappa shape index (κ3) is 3.39. The second-order valence-corrected chi connectivity index (χ2v) is 12.1. The molecule has 0 heterocycles. The first-order chi connectivity index (χ1) is 13.7. The van der Waals surface area contributed by atoms with Crippen molar-refractivity contribution in [3.8, 4) is 0 Å². The van der Waals surface area contributed by atoms with Gasteiger partial charge in [0.2, 0.25) is 0 Å². The van der Waals surface area contributed by atoms with Crippen LogP contribution in [-0.2, 0) is 4.79 Å². The Morgan fingerprint density at radius 1 is 0.966 bits per heavy atom. The molecule has 9 atom stereocenters. The van der Waals surface area contributed by atoms with Crippen molar-refractivity contribution >= 4 is 5.78 Å². The summed E-state index contributed by atoms with van der Waals surface area (Å²) in [4.78, 5) is 13.2. The Morgan fingerprint density at radius 2 is 1.69 bits per heavy atom. The lowest BCUT2D eigenvalue weighted by Crippen LogP contribution is -2.55. The highest BCUT2D eigenvalue weighted by Crippen LogP contribution is 2.67. The molecule has 0 saturated heterocycles. The van der Waals surface area contributed by atoms with E-state index in [4.69, 9.17) is 0 Å². The summed E-state index contributed by atoms with van der Waals surface area (Å²) in [5, 5.41) is 0. The Bertz CT molecular complexity index is 686. The van der Waals surface area contributed by atoms with Crippen LogP contribution in [0.2, 0.25) is 0 Å². The molecule has 0 aromatic carbocycles. The summed E-state index contributed by atoms with van der Waals surface area (Å²) in [6.07, 6.45) is 18.1. The molecule has 0 bridgehead atoms. The highest BCUT2D eigenvalue weighted by molar-refractivity contribution is 5.83. The van der Waals surface area contributed by atoms with E-state index in [2.05, 4.69) is 65.8 Å². The Labute approximate surface area is 179 Å². The molecule has 1 heteroatoms. The lowest BCUT2D eigenvalue weighted by molar-refractivity contribution is -0.149. The van der Waals surface area contributed by atoms with Crippen molar-refractivity contribution in [3.63, 3.8) is 0 Å². The number of hydrogen-bond donors (Lipinski definition) is 0. The highest BCUT2D eigenvalue weighted by atomic mass is 16.1. The average molecular weight is 397 g/mol. The van der Waals surface area contributed by atoms with Crippen LogP contribution in [0.1, 0.15) is 86.5 Å². The van der Waals surface area contributed by atoms with Gasteiger partial charge in [-0.05, 0) is 90.8 Å². The number of fused-ring (bicyclic) bond motifs is 5. The summed E-state index contributed by atoms with van der Waals surface area (Å²) in [5.41, 5.74) is 0.659. The topological polar surface area (TPSA) is 17.1 Å². The monoisotopic (exact) mass is 396 g/mol. The van der Waals surface area contributed by atoms with Crippen LogP contribution in [0.5, 0.6) is 0 Å². The lowest BCUT2D eigenvalue weighted by atomic mass is 9.45. The number of allylic oxidation sites excluding steroid dienone is 4. The van der Waals surface area contributed by atoms with E-state index < -0.39 is 0 Å². The summed E-state index contributed by atoms with van der Waals surface area (Å²) in [5.74, 6) is 5.87. The van der Waals surface area contributed by atoms with Crippen LogP contribution in [0.25, 0.3) is 0 Å². The standard InChI is InChI=1S/C28H44O/c1-18(2)19(3)10-11-20(4)22-12-13-23-21-17-26(29)25-9-7-8-15-27(25,5)24(21)14-16-28(22,23)6/h7-8,10-11,18-25H,9,12-17H2,1-6H3/t19-,20+,21-,22+,23-,24-,25+,27+,28+/m0/s1. The van der Waals surface area contributed by atoms with Gasteiger partial charge in [0.15, 0.2) is 0 Å². The zero-order chi connectivity index (χ0) is 21.0. The van der Waals surface area contributed by atoms with Gasteiger partial charge in [0.25, 0.3) is 0 Å². The fraction of sp³-hybridized carbons (Fsp3) is 0.821. The Balaban J connectivity index is 1.55. The number of rotatable bonds is 4. The van der Waals surface area contributed by atoms with E-state index in [9.17, 15) is 4.79 Å². The number of hydrogen-bond acceptors (Lipinski definition) is 1. The predicted octanol–water partition coefficient (Wildman–Crippen LogP) is 7.47. The fourth-order valence-electron chi connectivity index (χ4n) is 8.27. The SMILES string of the molecule is CC(C)[C@@H](C)C=C[C@@H](C)[C@H]1CC[C@H]2[C@@H]3CC(=O)[C@H]4CC=CC[C@]4(C)[C@H]3CC[C@]12C. The van der Waals surface area contributed by atoms with Crippen molar-refractivity contribution in [2.75, 3.05) is 0 Å². The van der Waals surface area contributed by atoms with Crippen LogP contribution in [-0.4, -0.2) is 5.78 Å². The number of Topliss-reactive ketones (excluding diaryl/α,β-unsaturated/α-hetero) is 1. The maximum Gasteiger partial charge on any atom is 0.137 e. The number of carbonyl (C=O) groups is 1. The number of ketones is 1. The van der Waals surface area contributed by atoms with Gasteiger partial charge in [-0.1, -0.05) is 65.8 Å². The molecule has 1 nitrogen and oxygen atoms in total. The van der Waals surface area contributed by atoms with Crippen LogP contribution in [0, 0.1) is 58.2 Å². The fourth-order valence-corrected chi connectivity index (χ4v) is 8.27. The van der Waals surface area contributed by atoms with Gasteiger partial charge >= 0.3 is 0 Å². The largest absolute Gasteiger partial charge is 0.299 e. The smallest absolute Gasteiger partial charge is 0.137 e. The zero-order valence-electron chi connectivity index (χ0n) is 19.8. The van der Waals surface area contributed by atoms with Crippen LogP contribution in [0.3, 0.4) is 0 Å². The molecule has 0 aromatic rings. The maximum absolute atomic E-state index is 13.2. The van der Waals surface area contributed by atoms with E-state index in [1.54, 1.807) is 0 Å². The minimum Gasteiger partial charge on any atom is -0.299 e. The third-order valence-electron chi connectivity index (χ3n) is 10.5. The minimum atomic E-state index is 0.229. The van der Waals surface area contributed by atoms with Gasteiger partial charge < -0.3 is 0 Å². The maximum atomic E-state index is 13.2. The molecular formula is C28H44O. The van der Waals surface area contributed by atoms with Crippen LogP contribution >= 0.6 is 0 Å². The Morgan fingerprint density at radius 3 is 2.41 bits per heavy atom. The molecular weight excluding hydrogens is 352 g/mol. The normalized spacial score (nSPS) is 46.4. The van der Waals surface area contributed by atoms with Gasteiger partial charge in [0.1, 0.15) is 5.78 Å². The molecule has 3 saturated carbocycles. The molecule has 4 aliphatic rings. The van der Waals surface area contributed by atoms with Gasteiger partial charge in [-0.3, -0.25) is 4.79 Å². The molecule has 0 spiro atoms. The van der Waals surface area contributed by atoms with Crippen molar-refractivity contribution in [1.29, 1.82) is 0 Å². The van der Waals surface area contributed by atoms with Crippen molar-refractivity contribution in [3.05, 3.63) is 24.3 Å². The number of carbonyl (C=O) groups excluding carboxylic acids is 1. The quantitative estimate of drug-likeness (QED) is 0.450. The third-order valence-corrected chi connectivity index (χ3v) is 10.5. The van der Waals surface area contributed by atoms with Gasteiger partial charge in [-0.15, -0.1) is 0 Å². The molecule has 4 aliphatic carbocycles. The summed E-state index contributed by atoms with van der Waals surface area (Å²) in [6, 6.07) is 0. The van der Waals surface area contributed by atoms with Crippen molar-refractivity contribution in [1.82, 2.24) is 0 Å². The first-order valence-electron chi connectivity index (χ1n) is 12.5. The van der Waals surface area contributed by atoms with Crippen molar-refractivity contribution in [2.45, 2.75) is 86.5 Å². The van der Waals surface area contributed by atoms with E-state index in [1.165, 1.54) is 25.7 Å². The molecule has 162 valence electrons. The molecule has 29 heavy (non-hydrogen) atoms. The second kappa shape index (κ2) is 7.69. The molecule has 4 rings (SSSR count). The first-order valence-corrected chi connectivity index (χ1v) is 12.5. The minimum absolute atomic E-state index is 0.229. The van der Waals surface area contributed by atoms with E-state index in [1.807, 2.05) is 0 Å². The summed E-state index contributed by atoms with van der Waals surface area (Å²) in [7, 11) is 0. The van der Waals surface area contributed by atoms with Crippen LogP contribution in [0.15, 0.2) is 24.3 Å². The highest BCUT2D eigenvalue weighted by Gasteiger charge is 2.61. The van der Waals surface area contributed by atoms with Gasteiger partial charge in [0, 0.05) is 12.3 Å². The van der Waals surface area contributed by atoms with Crippen molar-refractivity contribution < 1.29 is 4.79 Å².